The first-order valence-corrected chi connectivity index (χ1v) is 8.41. The third kappa shape index (κ3) is 3.87. The van der Waals surface area contributed by atoms with Gasteiger partial charge in [0.2, 0.25) is 0 Å². The van der Waals surface area contributed by atoms with E-state index in [0.29, 0.717) is 5.01 Å². The molecular formula is C19H13F2N3OS. The molecule has 0 fully saturated rings. The van der Waals surface area contributed by atoms with E-state index in [4.69, 9.17) is 4.74 Å². The van der Waals surface area contributed by atoms with Crippen molar-refractivity contribution in [2.45, 2.75) is 0 Å². The molecule has 0 aliphatic carbocycles. The Hall–Kier alpha value is -3.24. The number of benzene rings is 2. The third-order valence-electron chi connectivity index (χ3n) is 3.54. The van der Waals surface area contributed by atoms with E-state index in [2.05, 4.69) is 10.3 Å². The van der Waals surface area contributed by atoms with Crippen molar-refractivity contribution in [1.82, 2.24) is 4.98 Å². The van der Waals surface area contributed by atoms with Gasteiger partial charge in [-0.15, -0.1) is 11.3 Å². The molecule has 0 aliphatic heterocycles. The zero-order chi connectivity index (χ0) is 18.5. The Labute approximate surface area is 153 Å². The third-order valence-corrected chi connectivity index (χ3v) is 4.42. The van der Waals surface area contributed by atoms with E-state index >= 15 is 0 Å². The van der Waals surface area contributed by atoms with Crippen molar-refractivity contribution in [1.29, 1.82) is 5.26 Å². The fourth-order valence-electron chi connectivity index (χ4n) is 2.19. The van der Waals surface area contributed by atoms with E-state index in [-0.39, 0.29) is 11.3 Å². The van der Waals surface area contributed by atoms with Gasteiger partial charge in [0.25, 0.3) is 0 Å². The highest BCUT2D eigenvalue weighted by atomic mass is 32.1. The highest BCUT2D eigenvalue weighted by Gasteiger charge is 2.10. The maximum atomic E-state index is 13.7. The number of ether oxygens (including phenoxy) is 1. The van der Waals surface area contributed by atoms with E-state index in [9.17, 15) is 14.0 Å². The molecule has 0 atom stereocenters. The predicted molar refractivity (Wildman–Crippen MR) is 97.7 cm³/mol. The minimum absolute atomic E-state index is 0.0751. The Balaban J connectivity index is 1.82. The monoisotopic (exact) mass is 369 g/mol. The number of anilines is 1. The lowest BCUT2D eigenvalue weighted by molar-refractivity contribution is 0.415. The second-order valence-corrected chi connectivity index (χ2v) is 6.06. The summed E-state index contributed by atoms with van der Waals surface area (Å²) in [6.07, 6.45) is 1.35. The Bertz CT molecular complexity index is 991. The predicted octanol–water partition coefficient (Wildman–Crippen LogP) is 5.07. The van der Waals surface area contributed by atoms with Crippen LogP contribution < -0.4 is 10.1 Å². The Morgan fingerprint density at radius 3 is 2.65 bits per heavy atom. The summed E-state index contributed by atoms with van der Waals surface area (Å²) in [7, 11) is 1.59. The van der Waals surface area contributed by atoms with Gasteiger partial charge in [0.1, 0.15) is 34.0 Å². The smallest absolute Gasteiger partial charge is 0.149 e. The summed E-state index contributed by atoms with van der Waals surface area (Å²) in [5, 5.41) is 14.4. The average Bonchev–Trinajstić information content (AvgIpc) is 3.14. The van der Waals surface area contributed by atoms with Gasteiger partial charge in [0.15, 0.2) is 0 Å². The first-order chi connectivity index (χ1) is 12.6. The normalized spacial score (nSPS) is 11.1. The van der Waals surface area contributed by atoms with Crippen LogP contribution in [0.5, 0.6) is 5.75 Å². The Kier molecular flexibility index (Phi) is 5.25. The summed E-state index contributed by atoms with van der Waals surface area (Å²) in [6.45, 7) is 0. The van der Waals surface area contributed by atoms with Crippen molar-refractivity contribution in [3.63, 3.8) is 0 Å². The second-order valence-electron chi connectivity index (χ2n) is 5.20. The lowest BCUT2D eigenvalue weighted by Gasteiger charge is -2.03. The number of allylic oxidation sites excluding steroid dienone is 1. The van der Waals surface area contributed by atoms with Gasteiger partial charge in [-0.3, -0.25) is 0 Å². The molecule has 0 unspecified atom stereocenters. The molecule has 3 aromatic rings. The molecule has 0 saturated heterocycles. The van der Waals surface area contributed by atoms with Crippen molar-refractivity contribution < 1.29 is 13.5 Å². The fourth-order valence-corrected chi connectivity index (χ4v) is 2.98. The summed E-state index contributed by atoms with van der Waals surface area (Å²) >= 11 is 1.30. The van der Waals surface area contributed by atoms with Crippen LogP contribution in [0.2, 0.25) is 0 Å². The maximum Gasteiger partial charge on any atom is 0.149 e. The van der Waals surface area contributed by atoms with Crippen molar-refractivity contribution in [2.24, 2.45) is 0 Å². The van der Waals surface area contributed by atoms with Crippen LogP contribution in [0.25, 0.3) is 16.8 Å². The highest BCUT2D eigenvalue weighted by molar-refractivity contribution is 7.11. The van der Waals surface area contributed by atoms with Crippen molar-refractivity contribution >= 4 is 22.6 Å². The number of aromatic nitrogens is 1. The maximum absolute atomic E-state index is 13.7. The van der Waals surface area contributed by atoms with E-state index in [1.54, 1.807) is 7.11 Å². The summed E-state index contributed by atoms with van der Waals surface area (Å²) in [4.78, 5) is 4.45. The number of rotatable bonds is 5. The number of nitriles is 1. The minimum atomic E-state index is -0.739. The van der Waals surface area contributed by atoms with E-state index < -0.39 is 11.6 Å². The molecule has 1 N–H and O–H groups in total. The zero-order valence-electron chi connectivity index (χ0n) is 13.7. The molecule has 0 radical (unpaired) electrons. The number of hydrogen-bond donors (Lipinski definition) is 1. The molecule has 7 heteroatoms. The van der Waals surface area contributed by atoms with Gasteiger partial charge in [-0.2, -0.15) is 5.26 Å². The molecule has 2 aromatic carbocycles. The van der Waals surface area contributed by atoms with Gasteiger partial charge in [-0.05, 0) is 36.4 Å². The molecular weight excluding hydrogens is 356 g/mol. The quantitative estimate of drug-likeness (QED) is 0.638. The first kappa shape index (κ1) is 17.6. The van der Waals surface area contributed by atoms with Crippen LogP contribution in [0, 0.1) is 23.0 Å². The van der Waals surface area contributed by atoms with Crippen LogP contribution in [-0.4, -0.2) is 12.1 Å². The molecule has 0 saturated carbocycles. The van der Waals surface area contributed by atoms with Gasteiger partial charge in [-0.1, -0.05) is 0 Å². The molecule has 1 aromatic heterocycles. The second kappa shape index (κ2) is 7.76. The zero-order valence-corrected chi connectivity index (χ0v) is 14.5. The molecule has 0 aliphatic rings. The summed E-state index contributed by atoms with van der Waals surface area (Å²) in [6, 6.07) is 12.6. The molecule has 130 valence electrons. The highest BCUT2D eigenvalue weighted by Crippen LogP contribution is 2.27. The SMILES string of the molecule is COc1ccc(-c2csc(/C(C#N)=C\Nc3ccc(F)cc3F)n2)cc1. The number of thiazole rings is 1. The molecule has 0 amide bonds. The minimum Gasteiger partial charge on any atom is -0.497 e. The van der Waals surface area contributed by atoms with Gasteiger partial charge >= 0.3 is 0 Å². The number of hydrogen-bond acceptors (Lipinski definition) is 5. The summed E-state index contributed by atoms with van der Waals surface area (Å²) < 4.78 is 31.7. The summed E-state index contributed by atoms with van der Waals surface area (Å²) in [5.74, 6) is -0.662. The van der Waals surface area contributed by atoms with Crippen molar-refractivity contribution in [2.75, 3.05) is 12.4 Å². The molecule has 4 nitrogen and oxygen atoms in total. The van der Waals surface area contributed by atoms with E-state index in [1.807, 2.05) is 35.7 Å². The number of nitrogens with one attached hydrogen (secondary N) is 1. The molecule has 26 heavy (non-hydrogen) atoms. The Morgan fingerprint density at radius 1 is 1.23 bits per heavy atom. The van der Waals surface area contributed by atoms with Crippen molar-refractivity contribution in [3.05, 3.63) is 70.7 Å². The van der Waals surface area contributed by atoms with Crippen LogP contribution in [0.4, 0.5) is 14.5 Å². The molecule has 3 rings (SSSR count). The van der Waals surface area contributed by atoms with E-state index in [1.165, 1.54) is 23.6 Å². The van der Waals surface area contributed by atoms with Crippen LogP contribution in [-0.2, 0) is 0 Å². The van der Waals surface area contributed by atoms with Gasteiger partial charge < -0.3 is 10.1 Å². The van der Waals surface area contributed by atoms with Crippen LogP contribution in [0.15, 0.2) is 54.0 Å². The lowest BCUT2D eigenvalue weighted by atomic mass is 10.2. The Morgan fingerprint density at radius 2 is 2.00 bits per heavy atom. The number of halogens is 2. The lowest BCUT2D eigenvalue weighted by Crippen LogP contribution is -1.94. The molecule has 0 bridgehead atoms. The van der Waals surface area contributed by atoms with Crippen LogP contribution in [0.3, 0.4) is 0 Å². The first-order valence-electron chi connectivity index (χ1n) is 7.53. The average molecular weight is 369 g/mol. The van der Waals surface area contributed by atoms with Crippen molar-refractivity contribution in [3.8, 4) is 23.1 Å². The number of methoxy groups -OCH3 is 1. The van der Waals surface area contributed by atoms with Gasteiger partial charge in [-0.25, -0.2) is 13.8 Å². The summed E-state index contributed by atoms with van der Waals surface area (Å²) in [5.41, 5.74) is 1.94. The van der Waals surface area contributed by atoms with Crippen LogP contribution in [0.1, 0.15) is 5.01 Å². The largest absolute Gasteiger partial charge is 0.497 e. The van der Waals surface area contributed by atoms with Crippen LogP contribution >= 0.6 is 11.3 Å². The van der Waals surface area contributed by atoms with Gasteiger partial charge in [0, 0.05) is 23.2 Å². The van der Waals surface area contributed by atoms with E-state index in [0.717, 1.165) is 29.1 Å². The molecule has 1 heterocycles. The number of nitrogens with zero attached hydrogens (tertiary/aromatic N) is 2. The van der Waals surface area contributed by atoms with Gasteiger partial charge in [0.05, 0.1) is 18.5 Å². The standard InChI is InChI=1S/C19H13F2N3OS/c1-25-15-5-2-12(3-6-15)18-11-26-19(24-18)13(9-22)10-23-17-7-4-14(20)8-16(17)21/h2-8,10-11,23H,1H3/b13-10-. The topological polar surface area (TPSA) is 57.9 Å². The molecule has 0 spiro atoms. The fraction of sp³-hybridized carbons (Fsp3) is 0.0526.